The quantitative estimate of drug-likeness (QED) is 0.612. The van der Waals surface area contributed by atoms with E-state index >= 15 is 0 Å². The summed E-state index contributed by atoms with van der Waals surface area (Å²) in [5.74, 6) is -0.650. The van der Waals surface area contributed by atoms with Gasteiger partial charge in [-0.25, -0.2) is 4.39 Å². The number of benzene rings is 1. The van der Waals surface area contributed by atoms with Crippen molar-refractivity contribution in [1.82, 2.24) is 0 Å². The van der Waals surface area contributed by atoms with Gasteiger partial charge in [-0.05, 0) is 18.6 Å². The van der Waals surface area contributed by atoms with Crippen LogP contribution in [0.5, 0.6) is 0 Å². The summed E-state index contributed by atoms with van der Waals surface area (Å²) in [7, 11) is 0. The number of halogens is 1. The molecular formula is C9H8FNOS. The lowest BCUT2D eigenvalue weighted by molar-refractivity contribution is -0.115. The number of fused-ring (bicyclic) bond motifs is 1. The van der Waals surface area contributed by atoms with Crippen LogP contribution in [0.3, 0.4) is 0 Å². The Morgan fingerprint density at radius 3 is 2.92 bits per heavy atom. The van der Waals surface area contributed by atoms with Crippen LogP contribution in [0.15, 0.2) is 12.1 Å². The highest BCUT2D eigenvalue weighted by Crippen LogP contribution is 2.37. The maximum Gasteiger partial charge on any atom is 0.241 e. The van der Waals surface area contributed by atoms with E-state index < -0.39 is 5.25 Å². The maximum absolute atomic E-state index is 13.2. The molecule has 68 valence electrons. The predicted molar refractivity (Wildman–Crippen MR) is 51.5 cm³/mol. The molecule has 0 fully saturated rings. The van der Waals surface area contributed by atoms with Gasteiger partial charge in [0.15, 0.2) is 0 Å². The van der Waals surface area contributed by atoms with E-state index in [2.05, 4.69) is 17.9 Å². The van der Waals surface area contributed by atoms with Crippen LogP contribution >= 0.6 is 12.6 Å². The van der Waals surface area contributed by atoms with E-state index in [0.29, 0.717) is 5.56 Å². The molecule has 0 saturated carbocycles. The molecular weight excluding hydrogens is 189 g/mol. The van der Waals surface area contributed by atoms with Crippen molar-refractivity contribution in [3.05, 3.63) is 29.1 Å². The number of hydrogen-bond donors (Lipinski definition) is 2. The molecule has 2 nitrogen and oxygen atoms in total. The minimum absolute atomic E-state index is 0.261. The minimum atomic E-state index is -0.538. The molecule has 0 spiro atoms. The number of nitrogens with one attached hydrogen (secondary N) is 1. The van der Waals surface area contributed by atoms with E-state index in [1.54, 1.807) is 13.0 Å². The van der Waals surface area contributed by atoms with Crippen LogP contribution in [-0.2, 0) is 4.79 Å². The second-order valence-corrected chi connectivity index (χ2v) is 3.62. The van der Waals surface area contributed by atoms with Gasteiger partial charge >= 0.3 is 0 Å². The van der Waals surface area contributed by atoms with E-state index in [0.717, 1.165) is 5.56 Å². The Balaban J connectivity index is 2.63. The minimum Gasteiger partial charge on any atom is -0.322 e. The number of carbonyl (C=O) groups excluding carboxylic acids is 1. The van der Waals surface area contributed by atoms with Crippen molar-refractivity contribution in [3.8, 4) is 0 Å². The van der Waals surface area contributed by atoms with Gasteiger partial charge in [0.1, 0.15) is 11.1 Å². The zero-order chi connectivity index (χ0) is 9.59. The number of carbonyl (C=O) groups is 1. The van der Waals surface area contributed by atoms with Crippen molar-refractivity contribution in [3.63, 3.8) is 0 Å². The van der Waals surface area contributed by atoms with Gasteiger partial charge in [0, 0.05) is 5.56 Å². The first-order valence-electron chi connectivity index (χ1n) is 3.88. The van der Waals surface area contributed by atoms with E-state index in [4.69, 9.17) is 0 Å². The van der Waals surface area contributed by atoms with Gasteiger partial charge in [0.25, 0.3) is 0 Å². The number of rotatable bonds is 0. The monoisotopic (exact) mass is 197 g/mol. The smallest absolute Gasteiger partial charge is 0.241 e. The van der Waals surface area contributed by atoms with Crippen LogP contribution in [0.4, 0.5) is 10.1 Å². The molecule has 1 aromatic carbocycles. The highest BCUT2D eigenvalue weighted by Gasteiger charge is 2.29. The fourth-order valence-corrected chi connectivity index (χ4v) is 1.72. The van der Waals surface area contributed by atoms with Gasteiger partial charge < -0.3 is 5.32 Å². The Morgan fingerprint density at radius 1 is 1.54 bits per heavy atom. The molecule has 1 aliphatic rings. The fourth-order valence-electron chi connectivity index (χ4n) is 1.45. The number of amides is 1. The summed E-state index contributed by atoms with van der Waals surface area (Å²) in [4.78, 5) is 11.1. The van der Waals surface area contributed by atoms with E-state index in [1.807, 2.05) is 0 Å². The molecule has 4 heteroatoms. The molecule has 1 heterocycles. The molecule has 0 bridgehead atoms. The molecule has 1 amide bonds. The van der Waals surface area contributed by atoms with Gasteiger partial charge in [-0.3, -0.25) is 4.79 Å². The Kier molecular flexibility index (Phi) is 1.80. The SMILES string of the molecule is Cc1cc(F)c2c(c1)C(S)C(=O)N2. The van der Waals surface area contributed by atoms with Gasteiger partial charge in [-0.1, -0.05) is 6.07 Å². The summed E-state index contributed by atoms with van der Waals surface area (Å²) in [5, 5.41) is 1.91. The van der Waals surface area contributed by atoms with Crippen molar-refractivity contribution in [1.29, 1.82) is 0 Å². The number of aryl methyl sites for hydroxylation is 1. The summed E-state index contributed by atoms with van der Waals surface area (Å²) in [6.45, 7) is 1.78. The lowest BCUT2D eigenvalue weighted by Gasteiger charge is -2.02. The third kappa shape index (κ3) is 1.21. The summed E-state index contributed by atoms with van der Waals surface area (Å²) in [6.07, 6.45) is 0. The Morgan fingerprint density at radius 2 is 2.23 bits per heavy atom. The molecule has 1 aromatic rings. The van der Waals surface area contributed by atoms with Crippen molar-refractivity contribution in [2.24, 2.45) is 0 Å². The molecule has 1 atom stereocenters. The molecule has 2 rings (SSSR count). The standard InChI is InChI=1S/C9H8FNOS/c1-4-2-5-7(6(10)3-4)11-9(12)8(5)13/h2-3,8,13H,1H3,(H,11,12). The number of hydrogen-bond acceptors (Lipinski definition) is 2. The Bertz CT molecular complexity index is 391. The van der Waals surface area contributed by atoms with E-state index in [-0.39, 0.29) is 17.4 Å². The van der Waals surface area contributed by atoms with Gasteiger partial charge in [0.2, 0.25) is 5.91 Å². The van der Waals surface area contributed by atoms with Gasteiger partial charge in [-0.15, -0.1) is 0 Å². The molecule has 0 aromatic heterocycles. The molecule has 0 radical (unpaired) electrons. The molecule has 1 unspecified atom stereocenters. The van der Waals surface area contributed by atoms with Crippen LogP contribution in [0.2, 0.25) is 0 Å². The number of thiol groups is 1. The lowest BCUT2D eigenvalue weighted by atomic mass is 10.1. The van der Waals surface area contributed by atoms with Gasteiger partial charge in [-0.2, -0.15) is 12.6 Å². The van der Waals surface area contributed by atoms with Crippen LogP contribution < -0.4 is 5.32 Å². The molecule has 0 aliphatic carbocycles. The summed E-state index contributed by atoms with van der Waals surface area (Å²) in [5.41, 5.74) is 1.70. The Hall–Kier alpha value is -1.03. The second kappa shape index (κ2) is 2.73. The van der Waals surface area contributed by atoms with Crippen LogP contribution in [0, 0.1) is 12.7 Å². The molecule has 1 N–H and O–H groups in total. The van der Waals surface area contributed by atoms with Crippen molar-refractivity contribution >= 4 is 24.2 Å². The average Bonchev–Trinajstić information content (AvgIpc) is 2.32. The van der Waals surface area contributed by atoms with Crippen molar-refractivity contribution in [2.75, 3.05) is 5.32 Å². The van der Waals surface area contributed by atoms with Crippen LogP contribution in [-0.4, -0.2) is 5.91 Å². The summed E-state index contributed by atoms with van der Waals surface area (Å²) >= 11 is 4.08. The zero-order valence-corrected chi connectivity index (χ0v) is 7.86. The van der Waals surface area contributed by atoms with Crippen LogP contribution in [0.25, 0.3) is 0 Å². The third-order valence-electron chi connectivity index (χ3n) is 2.06. The van der Waals surface area contributed by atoms with Crippen molar-refractivity contribution in [2.45, 2.75) is 12.2 Å². The summed E-state index contributed by atoms with van der Waals surface area (Å²) < 4.78 is 13.2. The molecule has 0 saturated heterocycles. The lowest BCUT2D eigenvalue weighted by Crippen LogP contribution is -2.07. The zero-order valence-electron chi connectivity index (χ0n) is 6.97. The predicted octanol–water partition coefficient (Wildman–Crippen LogP) is 2.06. The first kappa shape index (κ1) is 8.56. The van der Waals surface area contributed by atoms with E-state index in [1.165, 1.54) is 6.07 Å². The molecule has 13 heavy (non-hydrogen) atoms. The second-order valence-electron chi connectivity index (χ2n) is 3.10. The topological polar surface area (TPSA) is 29.1 Å². The third-order valence-corrected chi connectivity index (χ3v) is 2.57. The first-order chi connectivity index (χ1) is 6.09. The summed E-state index contributed by atoms with van der Waals surface area (Å²) in [6, 6.07) is 3.17. The molecule has 1 aliphatic heterocycles. The number of anilines is 1. The normalized spacial score (nSPS) is 19.9. The highest BCUT2D eigenvalue weighted by molar-refractivity contribution is 7.81. The Labute approximate surface area is 80.6 Å². The first-order valence-corrected chi connectivity index (χ1v) is 4.40. The van der Waals surface area contributed by atoms with Gasteiger partial charge in [0.05, 0.1) is 5.69 Å². The van der Waals surface area contributed by atoms with Crippen LogP contribution in [0.1, 0.15) is 16.4 Å². The maximum atomic E-state index is 13.2. The van der Waals surface area contributed by atoms with E-state index in [9.17, 15) is 9.18 Å². The van der Waals surface area contributed by atoms with Crippen molar-refractivity contribution < 1.29 is 9.18 Å². The average molecular weight is 197 g/mol. The highest BCUT2D eigenvalue weighted by atomic mass is 32.1. The fraction of sp³-hybridized carbons (Fsp3) is 0.222. The largest absolute Gasteiger partial charge is 0.322 e.